The first-order valence-electron chi connectivity index (χ1n) is 11.4. The molecule has 0 atom stereocenters. The first-order chi connectivity index (χ1) is 18.9. The number of ether oxygens (including phenoxy) is 2. The molecule has 0 saturated carbocycles. The molecule has 40 heavy (non-hydrogen) atoms. The van der Waals surface area contributed by atoms with Crippen molar-refractivity contribution >= 4 is 68.1 Å². The number of thioether (sulfide) groups is 1. The Labute approximate surface area is 244 Å². The first-order valence-corrected chi connectivity index (χ1v) is 13.4. The van der Waals surface area contributed by atoms with Crippen LogP contribution in [0.25, 0.3) is 6.08 Å². The molecule has 208 valence electrons. The Bertz CT molecular complexity index is 1500. The maximum absolute atomic E-state index is 12.9. The Morgan fingerprint density at radius 2 is 1.85 bits per heavy atom. The van der Waals surface area contributed by atoms with Gasteiger partial charge in [-0.3, -0.25) is 19.3 Å². The number of nitrogens with zero attached hydrogens (tertiary/aromatic N) is 1. The van der Waals surface area contributed by atoms with Gasteiger partial charge in [-0.1, -0.05) is 29.8 Å². The van der Waals surface area contributed by atoms with E-state index in [9.17, 15) is 27.6 Å². The van der Waals surface area contributed by atoms with Gasteiger partial charge in [0, 0.05) is 10.7 Å². The van der Waals surface area contributed by atoms with Crippen molar-refractivity contribution in [3.05, 3.63) is 91.8 Å². The van der Waals surface area contributed by atoms with Crippen molar-refractivity contribution < 1.29 is 37.0 Å². The van der Waals surface area contributed by atoms with Crippen molar-refractivity contribution in [1.29, 1.82) is 0 Å². The third-order valence-corrected chi connectivity index (χ3v) is 7.24. The summed E-state index contributed by atoms with van der Waals surface area (Å²) in [4.78, 5) is 38.6. The molecular weight excluding hydrogens is 637 g/mol. The average Bonchev–Trinajstić information content (AvgIpc) is 3.15. The molecule has 1 fully saturated rings. The number of hydrogen-bond acceptors (Lipinski definition) is 6. The first kappa shape index (κ1) is 29.5. The summed E-state index contributed by atoms with van der Waals surface area (Å²) in [5, 5.41) is 2.20. The summed E-state index contributed by atoms with van der Waals surface area (Å²) >= 11 is 10.00. The standard InChI is InChI=1S/C27H19BrClF3N2O5S/c1-38-21-10-16(9-20(28)24(21)39-14-15-5-7-18(29)8-6-15)11-22-25(36)34(26(37)40-22)13-23(35)33-19-4-2-3-17(12-19)27(30,31)32/h2-12H,13-14H2,1H3,(H,33,35)/b22-11-. The van der Waals surface area contributed by atoms with E-state index in [0.717, 1.165) is 28.7 Å². The monoisotopic (exact) mass is 654 g/mol. The second-order valence-electron chi connectivity index (χ2n) is 8.34. The third-order valence-electron chi connectivity index (χ3n) is 5.49. The molecule has 0 spiro atoms. The number of carbonyl (C=O) groups excluding carboxylic acids is 3. The lowest BCUT2D eigenvalue weighted by Gasteiger charge is -2.14. The number of rotatable bonds is 8. The van der Waals surface area contributed by atoms with Crippen molar-refractivity contribution in [3.8, 4) is 11.5 Å². The second-order valence-corrected chi connectivity index (χ2v) is 10.6. The molecule has 0 bridgehead atoms. The minimum Gasteiger partial charge on any atom is -0.493 e. The molecule has 3 aromatic rings. The number of methoxy groups -OCH3 is 1. The lowest BCUT2D eigenvalue weighted by Crippen LogP contribution is -2.36. The van der Waals surface area contributed by atoms with Crippen LogP contribution in [-0.4, -0.2) is 35.6 Å². The molecule has 1 N–H and O–H groups in total. The highest BCUT2D eigenvalue weighted by atomic mass is 79.9. The molecule has 4 rings (SSSR count). The van der Waals surface area contributed by atoms with Crippen molar-refractivity contribution in [2.24, 2.45) is 0 Å². The zero-order valence-corrected chi connectivity index (χ0v) is 23.7. The highest BCUT2D eigenvalue weighted by Gasteiger charge is 2.36. The van der Waals surface area contributed by atoms with Crippen LogP contribution in [0.2, 0.25) is 5.02 Å². The van der Waals surface area contributed by atoms with Crippen LogP contribution >= 0.6 is 39.3 Å². The number of halogens is 5. The SMILES string of the molecule is COc1cc(/C=C2\SC(=O)N(CC(=O)Nc3cccc(C(F)(F)F)c3)C2=O)cc(Br)c1OCc1ccc(Cl)cc1. The number of alkyl halides is 3. The molecule has 0 unspecified atom stereocenters. The Morgan fingerprint density at radius 1 is 1.12 bits per heavy atom. The summed E-state index contributed by atoms with van der Waals surface area (Å²) < 4.78 is 50.7. The van der Waals surface area contributed by atoms with E-state index < -0.39 is 35.3 Å². The van der Waals surface area contributed by atoms with Gasteiger partial charge < -0.3 is 14.8 Å². The smallest absolute Gasteiger partial charge is 0.416 e. The van der Waals surface area contributed by atoms with E-state index in [-0.39, 0.29) is 17.2 Å². The molecule has 1 heterocycles. The minimum atomic E-state index is -4.59. The lowest BCUT2D eigenvalue weighted by molar-refractivity contribution is -0.137. The van der Waals surface area contributed by atoms with Crippen molar-refractivity contribution in [3.63, 3.8) is 0 Å². The molecule has 0 aliphatic carbocycles. The minimum absolute atomic E-state index is 0.0562. The van der Waals surface area contributed by atoms with Crippen LogP contribution in [0.5, 0.6) is 11.5 Å². The summed E-state index contributed by atoms with van der Waals surface area (Å²) in [5.74, 6) is -0.745. The van der Waals surface area contributed by atoms with Crippen LogP contribution < -0.4 is 14.8 Å². The lowest BCUT2D eigenvalue weighted by atomic mass is 10.1. The molecule has 13 heteroatoms. The third kappa shape index (κ3) is 7.18. The van der Waals surface area contributed by atoms with Crippen LogP contribution in [0.3, 0.4) is 0 Å². The van der Waals surface area contributed by atoms with Gasteiger partial charge in [0.15, 0.2) is 11.5 Å². The number of carbonyl (C=O) groups is 3. The highest BCUT2D eigenvalue weighted by molar-refractivity contribution is 9.10. The van der Waals surface area contributed by atoms with Crippen molar-refractivity contribution in [1.82, 2.24) is 4.90 Å². The summed E-state index contributed by atoms with van der Waals surface area (Å²) in [5.41, 5.74) is 0.342. The Balaban J connectivity index is 1.45. The fourth-order valence-corrected chi connectivity index (χ4v) is 5.14. The van der Waals surface area contributed by atoms with Crippen molar-refractivity contribution in [2.45, 2.75) is 12.8 Å². The molecule has 3 amide bonds. The number of benzene rings is 3. The zero-order chi connectivity index (χ0) is 29.0. The van der Waals surface area contributed by atoms with Gasteiger partial charge in [-0.2, -0.15) is 13.2 Å². The number of anilines is 1. The van der Waals surface area contributed by atoms with Gasteiger partial charge in [0.25, 0.3) is 11.1 Å². The van der Waals surface area contributed by atoms with Crippen LogP contribution in [0, 0.1) is 0 Å². The average molecular weight is 656 g/mol. The van der Waals surface area contributed by atoms with E-state index in [1.807, 2.05) is 12.1 Å². The van der Waals surface area contributed by atoms with E-state index in [1.54, 1.807) is 24.3 Å². The molecule has 1 aliphatic rings. The number of amides is 3. The van der Waals surface area contributed by atoms with Crippen LogP contribution in [0.15, 0.2) is 70.0 Å². The summed E-state index contributed by atoms with van der Waals surface area (Å²) in [6.07, 6.45) is -3.12. The molecule has 1 saturated heterocycles. The van der Waals surface area contributed by atoms with Gasteiger partial charge in [0.05, 0.1) is 22.1 Å². The fourth-order valence-electron chi connectivity index (χ4n) is 3.60. The van der Waals surface area contributed by atoms with Crippen LogP contribution in [0.1, 0.15) is 16.7 Å². The van der Waals surface area contributed by atoms with E-state index in [1.165, 1.54) is 19.3 Å². The zero-order valence-electron chi connectivity index (χ0n) is 20.6. The molecule has 7 nitrogen and oxygen atoms in total. The van der Waals surface area contributed by atoms with Crippen molar-refractivity contribution in [2.75, 3.05) is 19.0 Å². The van der Waals surface area contributed by atoms with Gasteiger partial charge in [0.1, 0.15) is 13.2 Å². The van der Waals surface area contributed by atoms with E-state index in [2.05, 4.69) is 21.2 Å². The van der Waals surface area contributed by atoms with Gasteiger partial charge in [-0.25, -0.2) is 0 Å². The highest BCUT2D eigenvalue weighted by Crippen LogP contribution is 2.39. The van der Waals surface area contributed by atoms with E-state index in [0.29, 0.717) is 38.3 Å². The molecule has 0 aromatic heterocycles. The number of hydrogen-bond donors (Lipinski definition) is 1. The molecule has 1 aliphatic heterocycles. The number of imide groups is 1. The molecule has 0 radical (unpaired) electrons. The maximum atomic E-state index is 12.9. The summed E-state index contributed by atoms with van der Waals surface area (Å²) in [6, 6.07) is 14.5. The Hall–Kier alpha value is -3.48. The second kappa shape index (κ2) is 12.4. The molecular formula is C27H19BrClF3N2O5S. The largest absolute Gasteiger partial charge is 0.493 e. The van der Waals surface area contributed by atoms with Gasteiger partial charge >= 0.3 is 6.18 Å². The summed E-state index contributed by atoms with van der Waals surface area (Å²) in [7, 11) is 1.46. The van der Waals surface area contributed by atoms with E-state index >= 15 is 0 Å². The predicted molar refractivity (Wildman–Crippen MR) is 149 cm³/mol. The van der Waals surface area contributed by atoms with Crippen LogP contribution in [-0.2, 0) is 22.4 Å². The topological polar surface area (TPSA) is 84.9 Å². The van der Waals surface area contributed by atoms with Gasteiger partial charge in [0.2, 0.25) is 5.91 Å². The Kier molecular flexibility index (Phi) is 9.12. The van der Waals surface area contributed by atoms with E-state index in [4.69, 9.17) is 21.1 Å². The fraction of sp³-hybridized carbons (Fsp3) is 0.148. The number of nitrogens with one attached hydrogen (secondary N) is 1. The van der Waals surface area contributed by atoms with Gasteiger partial charge in [-0.15, -0.1) is 0 Å². The van der Waals surface area contributed by atoms with Gasteiger partial charge in [-0.05, 0) is 87.4 Å². The van der Waals surface area contributed by atoms with Crippen LogP contribution in [0.4, 0.5) is 23.7 Å². The normalized spacial score (nSPS) is 14.6. The maximum Gasteiger partial charge on any atom is 0.416 e. The quantitative estimate of drug-likeness (QED) is 0.255. The molecule has 3 aromatic carbocycles. The summed E-state index contributed by atoms with van der Waals surface area (Å²) in [6.45, 7) is -0.421. The Morgan fingerprint density at radius 3 is 2.52 bits per heavy atom. The predicted octanol–water partition coefficient (Wildman–Crippen LogP) is 7.38.